The molecule has 0 aliphatic carbocycles. The van der Waals surface area contributed by atoms with Crippen LogP contribution in [0.4, 0.5) is 0 Å². The summed E-state index contributed by atoms with van der Waals surface area (Å²) in [5.74, 6) is 0.890. The van der Waals surface area contributed by atoms with Crippen LogP contribution in [0.2, 0.25) is 0 Å². The van der Waals surface area contributed by atoms with Gasteiger partial charge in [0.05, 0.1) is 12.0 Å². The van der Waals surface area contributed by atoms with Crippen LogP contribution in [0.1, 0.15) is 30.4 Å². The summed E-state index contributed by atoms with van der Waals surface area (Å²) in [5, 5.41) is -0.0774. The van der Waals surface area contributed by atoms with E-state index in [2.05, 4.69) is 42.2 Å². The van der Waals surface area contributed by atoms with E-state index < -0.39 is 0 Å². The molecule has 2 nitrogen and oxygen atoms in total. The Bertz CT molecular complexity index is 558. The summed E-state index contributed by atoms with van der Waals surface area (Å²) in [6.45, 7) is 7.50. The monoisotopic (exact) mass is 317 g/mol. The molecule has 0 saturated heterocycles. The predicted octanol–water partition coefficient (Wildman–Crippen LogP) is 4.89. The molecule has 0 amide bonds. The topological polar surface area (TPSA) is 12.5 Å². The van der Waals surface area contributed by atoms with Gasteiger partial charge in [-0.2, -0.15) is 0 Å². The average molecular weight is 318 g/mol. The highest BCUT2D eigenvalue weighted by Crippen LogP contribution is 2.30. The molecule has 2 aromatic rings. The maximum absolute atomic E-state index is 6.67. The van der Waals surface area contributed by atoms with Crippen molar-refractivity contribution in [2.45, 2.75) is 25.8 Å². The largest absolute Gasteiger partial charge is 0.494 e. The van der Waals surface area contributed by atoms with E-state index in [0.717, 1.165) is 30.9 Å². The molecule has 0 aromatic heterocycles. The third kappa shape index (κ3) is 4.75. The Balaban J connectivity index is 2.04. The molecule has 0 fully saturated rings. The summed E-state index contributed by atoms with van der Waals surface area (Å²) in [6.07, 6.45) is 0. The molecule has 1 unspecified atom stereocenters. The Kier molecular flexibility index (Phi) is 6.75. The molecule has 0 aliphatic rings. The van der Waals surface area contributed by atoms with Crippen LogP contribution in [0.25, 0.3) is 0 Å². The highest BCUT2D eigenvalue weighted by Gasteiger charge is 2.16. The summed E-state index contributed by atoms with van der Waals surface area (Å²) >= 11 is 6.67. The van der Waals surface area contributed by atoms with E-state index in [1.807, 2.05) is 31.2 Å². The lowest BCUT2D eigenvalue weighted by atomic mass is 10.1. The van der Waals surface area contributed by atoms with Crippen LogP contribution >= 0.6 is 11.6 Å². The number of hydrogen-bond donors (Lipinski definition) is 0. The zero-order chi connectivity index (χ0) is 15.8. The van der Waals surface area contributed by atoms with Gasteiger partial charge in [-0.3, -0.25) is 4.90 Å². The molecule has 3 heteroatoms. The summed E-state index contributed by atoms with van der Waals surface area (Å²) in [6, 6.07) is 18.5. The molecule has 0 N–H and O–H groups in total. The quantitative estimate of drug-likeness (QED) is 0.643. The highest BCUT2D eigenvalue weighted by atomic mass is 35.5. The number of hydrogen-bond acceptors (Lipinski definition) is 2. The van der Waals surface area contributed by atoms with Gasteiger partial charge < -0.3 is 4.74 Å². The molecule has 0 aliphatic heterocycles. The molecule has 0 saturated carbocycles. The fraction of sp³-hybridized carbons (Fsp3) is 0.368. The number of alkyl halides is 1. The second-order valence-corrected chi connectivity index (χ2v) is 5.78. The van der Waals surface area contributed by atoms with Crippen LogP contribution in [-0.4, -0.2) is 24.6 Å². The summed E-state index contributed by atoms with van der Waals surface area (Å²) < 4.78 is 5.69. The zero-order valence-electron chi connectivity index (χ0n) is 13.3. The zero-order valence-corrected chi connectivity index (χ0v) is 14.1. The Labute approximate surface area is 138 Å². The SMILES string of the molecule is CCOc1ccccc1C(Cl)CN(CC)Cc1ccccc1. The lowest BCUT2D eigenvalue weighted by Gasteiger charge is -2.24. The number of nitrogens with zero attached hydrogens (tertiary/aromatic N) is 1. The van der Waals surface area contributed by atoms with Gasteiger partial charge in [-0.25, -0.2) is 0 Å². The molecule has 0 radical (unpaired) electrons. The molecule has 118 valence electrons. The molecule has 0 spiro atoms. The minimum Gasteiger partial charge on any atom is -0.494 e. The van der Waals surface area contributed by atoms with Crippen molar-refractivity contribution in [2.75, 3.05) is 19.7 Å². The lowest BCUT2D eigenvalue weighted by Crippen LogP contribution is -2.26. The number of ether oxygens (including phenoxy) is 1. The van der Waals surface area contributed by atoms with Crippen LogP contribution in [0, 0.1) is 0 Å². The molecular formula is C19H24ClNO. The van der Waals surface area contributed by atoms with Gasteiger partial charge in [0.15, 0.2) is 0 Å². The summed E-state index contributed by atoms with van der Waals surface area (Å²) in [4.78, 5) is 2.36. The van der Waals surface area contributed by atoms with E-state index in [1.165, 1.54) is 5.56 Å². The van der Waals surface area contributed by atoms with E-state index in [-0.39, 0.29) is 5.38 Å². The van der Waals surface area contributed by atoms with Crippen LogP contribution in [-0.2, 0) is 6.54 Å². The Hall–Kier alpha value is -1.51. The number of para-hydroxylation sites is 1. The van der Waals surface area contributed by atoms with Gasteiger partial charge in [0.25, 0.3) is 0 Å². The van der Waals surface area contributed by atoms with E-state index in [4.69, 9.17) is 16.3 Å². The van der Waals surface area contributed by atoms with Gasteiger partial charge in [-0.15, -0.1) is 11.6 Å². The van der Waals surface area contributed by atoms with Crippen LogP contribution in [0.15, 0.2) is 54.6 Å². The molecular weight excluding hydrogens is 294 g/mol. The van der Waals surface area contributed by atoms with E-state index in [0.29, 0.717) is 6.61 Å². The first-order valence-electron chi connectivity index (χ1n) is 7.86. The van der Waals surface area contributed by atoms with Crippen molar-refractivity contribution in [1.82, 2.24) is 4.90 Å². The summed E-state index contributed by atoms with van der Waals surface area (Å²) in [7, 11) is 0. The highest BCUT2D eigenvalue weighted by molar-refractivity contribution is 6.21. The fourth-order valence-electron chi connectivity index (χ4n) is 2.50. The van der Waals surface area contributed by atoms with E-state index in [1.54, 1.807) is 0 Å². The standard InChI is InChI=1S/C19H24ClNO/c1-3-21(14-16-10-6-5-7-11-16)15-18(20)17-12-8-9-13-19(17)22-4-2/h5-13,18H,3-4,14-15H2,1-2H3. The van der Waals surface area contributed by atoms with E-state index >= 15 is 0 Å². The van der Waals surface area contributed by atoms with Crippen molar-refractivity contribution in [3.63, 3.8) is 0 Å². The minimum atomic E-state index is -0.0774. The third-order valence-corrected chi connectivity index (χ3v) is 4.04. The van der Waals surface area contributed by atoms with Crippen LogP contribution < -0.4 is 4.74 Å². The first-order chi connectivity index (χ1) is 10.7. The molecule has 2 aromatic carbocycles. The second-order valence-electron chi connectivity index (χ2n) is 5.25. The third-order valence-electron chi connectivity index (χ3n) is 3.67. The smallest absolute Gasteiger partial charge is 0.124 e. The van der Waals surface area contributed by atoms with Gasteiger partial charge >= 0.3 is 0 Å². The van der Waals surface area contributed by atoms with Gasteiger partial charge in [0.2, 0.25) is 0 Å². The Morgan fingerprint density at radius 1 is 1.00 bits per heavy atom. The second kappa shape index (κ2) is 8.82. The first kappa shape index (κ1) is 16.9. The van der Waals surface area contributed by atoms with Gasteiger partial charge in [0, 0.05) is 18.7 Å². The van der Waals surface area contributed by atoms with Crippen molar-refractivity contribution in [1.29, 1.82) is 0 Å². The van der Waals surface area contributed by atoms with Crippen molar-refractivity contribution in [3.05, 3.63) is 65.7 Å². The van der Waals surface area contributed by atoms with Gasteiger partial charge in [-0.05, 0) is 25.1 Å². The lowest BCUT2D eigenvalue weighted by molar-refractivity contribution is 0.276. The Morgan fingerprint density at radius 2 is 1.68 bits per heavy atom. The minimum absolute atomic E-state index is 0.0774. The van der Waals surface area contributed by atoms with Crippen molar-refractivity contribution < 1.29 is 4.74 Å². The average Bonchev–Trinajstić information content (AvgIpc) is 2.56. The maximum Gasteiger partial charge on any atom is 0.124 e. The van der Waals surface area contributed by atoms with Crippen molar-refractivity contribution in [2.24, 2.45) is 0 Å². The number of likely N-dealkylation sites (N-methyl/N-ethyl adjacent to an activating group) is 1. The van der Waals surface area contributed by atoms with Gasteiger partial charge in [0.1, 0.15) is 5.75 Å². The predicted molar refractivity (Wildman–Crippen MR) is 93.6 cm³/mol. The normalized spacial score (nSPS) is 12.4. The molecule has 2 rings (SSSR count). The molecule has 0 heterocycles. The van der Waals surface area contributed by atoms with Gasteiger partial charge in [-0.1, -0.05) is 55.5 Å². The molecule has 22 heavy (non-hydrogen) atoms. The molecule has 0 bridgehead atoms. The number of halogens is 1. The van der Waals surface area contributed by atoms with Crippen molar-refractivity contribution >= 4 is 11.6 Å². The van der Waals surface area contributed by atoms with Crippen LogP contribution in [0.5, 0.6) is 5.75 Å². The molecule has 1 atom stereocenters. The number of rotatable bonds is 8. The van der Waals surface area contributed by atoms with E-state index in [9.17, 15) is 0 Å². The summed E-state index contributed by atoms with van der Waals surface area (Å²) in [5.41, 5.74) is 2.38. The number of benzene rings is 2. The first-order valence-corrected chi connectivity index (χ1v) is 8.30. The van der Waals surface area contributed by atoms with Crippen LogP contribution in [0.3, 0.4) is 0 Å². The Morgan fingerprint density at radius 3 is 2.36 bits per heavy atom. The maximum atomic E-state index is 6.67. The van der Waals surface area contributed by atoms with Crippen molar-refractivity contribution in [3.8, 4) is 5.75 Å². The fourth-order valence-corrected chi connectivity index (χ4v) is 2.87.